The number of nitrogens with one attached hydrogen (secondary N) is 1. The van der Waals surface area contributed by atoms with Gasteiger partial charge in [0.25, 0.3) is 5.91 Å². The summed E-state index contributed by atoms with van der Waals surface area (Å²) in [7, 11) is 0. The van der Waals surface area contributed by atoms with Crippen LogP contribution in [0.2, 0.25) is 0 Å². The van der Waals surface area contributed by atoms with Crippen LogP contribution >= 0.6 is 12.2 Å². The number of thiocarbonyl (C=S) groups is 1. The van der Waals surface area contributed by atoms with Crippen molar-refractivity contribution in [2.75, 3.05) is 16.8 Å². The number of nitrogens with zero attached hydrogens (tertiary/aromatic N) is 2. The zero-order valence-corrected chi connectivity index (χ0v) is 19.6. The summed E-state index contributed by atoms with van der Waals surface area (Å²) in [5, 5.41) is 3.69. The summed E-state index contributed by atoms with van der Waals surface area (Å²) in [6.45, 7) is 4.52. The minimum atomic E-state index is -0.645. The fraction of sp³-hybridized carbons (Fsp3) is 0.222. The third-order valence-corrected chi connectivity index (χ3v) is 6.18. The van der Waals surface area contributed by atoms with Crippen molar-refractivity contribution in [3.05, 3.63) is 95.6 Å². The largest absolute Gasteiger partial charge is 0.336 e. The van der Waals surface area contributed by atoms with Gasteiger partial charge < -0.3 is 10.2 Å². The van der Waals surface area contributed by atoms with Crippen LogP contribution in [0.25, 0.3) is 0 Å². The molecule has 168 valence electrons. The van der Waals surface area contributed by atoms with Crippen molar-refractivity contribution in [2.45, 2.75) is 32.7 Å². The minimum absolute atomic E-state index is 0.0945. The van der Waals surface area contributed by atoms with E-state index in [-0.39, 0.29) is 18.2 Å². The maximum absolute atomic E-state index is 13.4. The predicted molar refractivity (Wildman–Crippen MR) is 136 cm³/mol. The molecule has 6 heteroatoms. The predicted octanol–water partition coefficient (Wildman–Crippen LogP) is 4.88. The summed E-state index contributed by atoms with van der Waals surface area (Å²) in [5.74, 6) is -0.457. The highest BCUT2D eigenvalue weighted by molar-refractivity contribution is 7.80. The summed E-state index contributed by atoms with van der Waals surface area (Å²) in [5.41, 5.74) is 4.81. The molecular formula is C27H27N3O2S. The van der Waals surface area contributed by atoms with Crippen molar-refractivity contribution in [3.8, 4) is 0 Å². The van der Waals surface area contributed by atoms with E-state index in [1.807, 2.05) is 85.5 Å². The quantitative estimate of drug-likeness (QED) is 0.422. The zero-order valence-electron chi connectivity index (χ0n) is 18.8. The molecule has 0 unspecified atom stereocenters. The van der Waals surface area contributed by atoms with Gasteiger partial charge in [-0.15, -0.1) is 0 Å². The highest BCUT2D eigenvalue weighted by Crippen LogP contribution is 2.27. The molecule has 1 heterocycles. The lowest BCUT2D eigenvalue weighted by atomic mass is 10.1. The molecule has 1 saturated heterocycles. The number of carbonyl (C=O) groups excluding carboxylic acids is 2. The molecule has 0 aromatic heterocycles. The molecule has 0 radical (unpaired) electrons. The summed E-state index contributed by atoms with van der Waals surface area (Å²) >= 11 is 5.74. The molecule has 33 heavy (non-hydrogen) atoms. The molecule has 1 aliphatic rings. The number of carbonyl (C=O) groups is 2. The third-order valence-electron chi connectivity index (χ3n) is 5.84. The Kier molecular flexibility index (Phi) is 6.84. The van der Waals surface area contributed by atoms with Crippen LogP contribution in [0.15, 0.2) is 78.9 Å². The number of imide groups is 1. The van der Waals surface area contributed by atoms with Gasteiger partial charge in [-0.05, 0) is 62.3 Å². The second-order valence-electron chi connectivity index (χ2n) is 8.35. The lowest BCUT2D eigenvalue weighted by Gasteiger charge is -2.30. The molecule has 4 rings (SSSR count). The monoisotopic (exact) mass is 457 g/mol. The standard InChI is InChI=1S/C27H27N3O2S/c1-19-8-12-22(13-9-19)28-27(33)29(17-16-21-6-4-3-5-7-21)24-18-25(31)30(26(24)32)23-14-10-20(2)11-15-23/h3-15,24H,16-18H2,1-2H3,(H,28,33)/t24-/m1/s1. The lowest BCUT2D eigenvalue weighted by molar-refractivity contribution is -0.122. The minimum Gasteiger partial charge on any atom is -0.336 e. The average Bonchev–Trinajstić information content (AvgIpc) is 3.10. The van der Waals surface area contributed by atoms with Crippen molar-refractivity contribution >= 4 is 40.5 Å². The van der Waals surface area contributed by atoms with Crippen molar-refractivity contribution in [2.24, 2.45) is 0 Å². The number of anilines is 2. The molecule has 1 aliphatic heterocycles. The number of aryl methyl sites for hydroxylation is 2. The number of benzene rings is 3. The molecule has 5 nitrogen and oxygen atoms in total. The van der Waals surface area contributed by atoms with Crippen LogP contribution in [0.4, 0.5) is 11.4 Å². The number of hydrogen-bond acceptors (Lipinski definition) is 3. The first-order valence-electron chi connectivity index (χ1n) is 11.0. The van der Waals surface area contributed by atoms with E-state index in [9.17, 15) is 9.59 Å². The van der Waals surface area contributed by atoms with Gasteiger partial charge in [0.15, 0.2) is 5.11 Å². The summed E-state index contributed by atoms with van der Waals surface area (Å²) in [4.78, 5) is 29.5. The zero-order chi connectivity index (χ0) is 23.4. The Balaban J connectivity index is 1.58. The molecule has 1 fully saturated rings. The van der Waals surface area contributed by atoms with E-state index in [1.165, 1.54) is 4.90 Å². The Bertz CT molecular complexity index is 1140. The van der Waals surface area contributed by atoms with Crippen molar-refractivity contribution in [1.82, 2.24) is 4.90 Å². The highest BCUT2D eigenvalue weighted by Gasteiger charge is 2.43. The van der Waals surface area contributed by atoms with Gasteiger partial charge in [-0.1, -0.05) is 65.7 Å². The summed E-state index contributed by atoms with van der Waals surface area (Å²) < 4.78 is 0. The Morgan fingerprint density at radius 3 is 2.18 bits per heavy atom. The second kappa shape index (κ2) is 9.96. The van der Waals surface area contributed by atoms with E-state index in [4.69, 9.17) is 12.2 Å². The molecule has 2 amide bonds. The van der Waals surface area contributed by atoms with E-state index in [0.29, 0.717) is 23.8 Å². The van der Waals surface area contributed by atoms with Gasteiger partial charge in [0.2, 0.25) is 5.91 Å². The fourth-order valence-corrected chi connectivity index (χ4v) is 4.29. The molecule has 3 aromatic rings. The molecular weight excluding hydrogens is 430 g/mol. The van der Waals surface area contributed by atoms with Gasteiger partial charge in [-0.25, -0.2) is 4.90 Å². The van der Waals surface area contributed by atoms with Crippen molar-refractivity contribution in [3.63, 3.8) is 0 Å². The Morgan fingerprint density at radius 1 is 0.939 bits per heavy atom. The van der Waals surface area contributed by atoms with Crippen molar-refractivity contribution < 1.29 is 9.59 Å². The van der Waals surface area contributed by atoms with Crippen LogP contribution in [-0.2, 0) is 16.0 Å². The van der Waals surface area contributed by atoms with Gasteiger partial charge in [0, 0.05) is 12.2 Å². The van der Waals surface area contributed by atoms with Crippen LogP contribution in [0.5, 0.6) is 0 Å². The Morgan fingerprint density at radius 2 is 1.55 bits per heavy atom. The first-order valence-corrected chi connectivity index (χ1v) is 11.4. The maximum Gasteiger partial charge on any atom is 0.257 e. The Hall–Kier alpha value is -3.51. The summed E-state index contributed by atoms with van der Waals surface area (Å²) in [6, 6.07) is 24.8. The van der Waals surface area contributed by atoms with E-state index >= 15 is 0 Å². The number of hydrogen-bond donors (Lipinski definition) is 1. The first kappa shape index (κ1) is 22.7. The molecule has 1 atom stereocenters. The topological polar surface area (TPSA) is 52.7 Å². The Labute approximate surface area is 200 Å². The van der Waals surface area contributed by atoms with Crippen LogP contribution in [0, 0.1) is 13.8 Å². The van der Waals surface area contributed by atoms with Gasteiger partial charge >= 0.3 is 0 Å². The molecule has 0 aliphatic carbocycles. The molecule has 0 spiro atoms. The van der Waals surface area contributed by atoms with Crippen LogP contribution in [-0.4, -0.2) is 34.4 Å². The molecule has 0 bridgehead atoms. The molecule has 1 N–H and O–H groups in total. The molecule has 3 aromatic carbocycles. The van der Waals surface area contributed by atoms with Crippen LogP contribution < -0.4 is 10.2 Å². The highest BCUT2D eigenvalue weighted by atomic mass is 32.1. The van der Waals surface area contributed by atoms with Gasteiger partial charge in [-0.3, -0.25) is 9.59 Å². The van der Waals surface area contributed by atoms with E-state index in [2.05, 4.69) is 17.4 Å². The third kappa shape index (κ3) is 5.29. The normalized spacial score (nSPS) is 15.6. The summed E-state index contributed by atoms with van der Waals surface area (Å²) in [6.07, 6.45) is 0.802. The fourth-order valence-electron chi connectivity index (χ4n) is 3.95. The smallest absolute Gasteiger partial charge is 0.257 e. The van der Waals surface area contributed by atoms with Gasteiger partial charge in [0.05, 0.1) is 12.1 Å². The van der Waals surface area contributed by atoms with Gasteiger partial charge in [-0.2, -0.15) is 0 Å². The number of amides is 2. The lowest BCUT2D eigenvalue weighted by Crippen LogP contribution is -2.48. The second-order valence-corrected chi connectivity index (χ2v) is 8.73. The SMILES string of the molecule is Cc1ccc(NC(=S)N(CCc2ccccc2)[C@@H]2CC(=O)N(c3ccc(C)cc3)C2=O)cc1. The van der Waals surface area contributed by atoms with E-state index in [1.54, 1.807) is 0 Å². The van der Waals surface area contributed by atoms with Crippen molar-refractivity contribution in [1.29, 1.82) is 0 Å². The van der Waals surface area contributed by atoms with Gasteiger partial charge in [0.1, 0.15) is 6.04 Å². The van der Waals surface area contributed by atoms with E-state index < -0.39 is 6.04 Å². The first-order chi connectivity index (χ1) is 15.9. The molecule has 0 saturated carbocycles. The van der Waals surface area contributed by atoms with E-state index in [0.717, 1.165) is 22.4 Å². The number of rotatable bonds is 6. The average molecular weight is 458 g/mol. The van der Waals surface area contributed by atoms with Crippen LogP contribution in [0.1, 0.15) is 23.1 Å². The maximum atomic E-state index is 13.4. The van der Waals surface area contributed by atoms with Crippen LogP contribution in [0.3, 0.4) is 0 Å².